The Hall–Kier alpha value is -0.770. The fourth-order valence-corrected chi connectivity index (χ4v) is 2.41. The molecule has 2 N–H and O–H groups in total. The molecular formula is C11H12ClNO2. The molecule has 0 radical (unpaired) electrons. The largest absolute Gasteiger partial charge is 0.484 e. The molecule has 3 nitrogen and oxygen atoms in total. The minimum Gasteiger partial charge on any atom is -0.484 e. The summed E-state index contributed by atoms with van der Waals surface area (Å²) in [5.74, 6) is 0.764. The molecule has 4 heteroatoms. The summed E-state index contributed by atoms with van der Waals surface area (Å²) in [5, 5.41) is 13.8. The number of halogens is 1. The summed E-state index contributed by atoms with van der Waals surface area (Å²) in [6, 6.07) is 5.40. The second kappa shape index (κ2) is 3.11. The number of hydrogen-bond donors (Lipinski definition) is 2. The van der Waals surface area contributed by atoms with E-state index in [4.69, 9.17) is 16.3 Å². The predicted molar refractivity (Wildman–Crippen MR) is 57.3 cm³/mol. The molecule has 0 amide bonds. The minimum absolute atomic E-state index is 0.194. The van der Waals surface area contributed by atoms with Crippen LogP contribution in [0.25, 0.3) is 0 Å². The van der Waals surface area contributed by atoms with E-state index in [0.717, 1.165) is 24.4 Å². The second-order valence-electron chi connectivity index (χ2n) is 4.29. The summed E-state index contributed by atoms with van der Waals surface area (Å²) in [5.41, 5.74) is 0.611. The van der Waals surface area contributed by atoms with Crippen molar-refractivity contribution in [2.45, 2.75) is 18.1 Å². The number of aliphatic hydroxyl groups excluding tert-OH is 1. The molecule has 2 aliphatic rings. The Labute approximate surface area is 93.0 Å². The van der Waals surface area contributed by atoms with E-state index in [1.54, 1.807) is 12.1 Å². The Balaban J connectivity index is 2.01. The average Bonchev–Trinajstić information content (AvgIpc) is 2.16. The van der Waals surface area contributed by atoms with Crippen LogP contribution in [0.2, 0.25) is 5.02 Å². The molecule has 1 saturated heterocycles. The molecule has 2 aliphatic heterocycles. The van der Waals surface area contributed by atoms with Gasteiger partial charge in [0.2, 0.25) is 0 Å². The van der Waals surface area contributed by atoms with Crippen LogP contribution in [-0.4, -0.2) is 23.8 Å². The number of nitrogens with one attached hydrogen (secondary N) is 1. The van der Waals surface area contributed by atoms with Crippen molar-refractivity contribution in [3.05, 3.63) is 28.8 Å². The lowest BCUT2D eigenvalue weighted by Gasteiger charge is -2.47. The van der Waals surface area contributed by atoms with Crippen LogP contribution < -0.4 is 10.1 Å². The van der Waals surface area contributed by atoms with Crippen LogP contribution in [0.3, 0.4) is 0 Å². The summed E-state index contributed by atoms with van der Waals surface area (Å²) < 4.78 is 5.90. The molecule has 1 fully saturated rings. The van der Waals surface area contributed by atoms with Crippen LogP contribution in [0, 0.1) is 0 Å². The lowest BCUT2D eigenvalue weighted by atomic mass is 9.84. The Morgan fingerprint density at radius 3 is 2.93 bits per heavy atom. The zero-order valence-electron chi connectivity index (χ0n) is 8.16. The van der Waals surface area contributed by atoms with Crippen LogP contribution in [0.5, 0.6) is 5.75 Å². The smallest absolute Gasteiger partial charge is 0.136 e. The van der Waals surface area contributed by atoms with Gasteiger partial charge in [0.15, 0.2) is 0 Å². The lowest BCUT2D eigenvalue weighted by molar-refractivity contribution is -0.0482. The molecule has 1 atom stereocenters. The molecule has 0 aromatic heterocycles. The van der Waals surface area contributed by atoms with E-state index < -0.39 is 6.10 Å². The Bertz CT molecular complexity index is 404. The summed E-state index contributed by atoms with van der Waals surface area (Å²) in [4.78, 5) is 0. The van der Waals surface area contributed by atoms with Crippen LogP contribution in [0.4, 0.5) is 0 Å². The maximum Gasteiger partial charge on any atom is 0.136 e. The van der Waals surface area contributed by atoms with Gasteiger partial charge >= 0.3 is 0 Å². The van der Waals surface area contributed by atoms with Crippen molar-refractivity contribution in [1.82, 2.24) is 5.32 Å². The summed E-state index contributed by atoms with van der Waals surface area (Å²) >= 11 is 5.88. The molecule has 1 aromatic carbocycles. The van der Waals surface area contributed by atoms with Crippen molar-refractivity contribution >= 4 is 11.6 Å². The molecule has 80 valence electrons. The van der Waals surface area contributed by atoms with Crippen LogP contribution in [-0.2, 0) is 0 Å². The Morgan fingerprint density at radius 1 is 1.47 bits per heavy atom. The Kier molecular flexibility index (Phi) is 1.96. The molecule has 15 heavy (non-hydrogen) atoms. The number of benzene rings is 1. The van der Waals surface area contributed by atoms with Gasteiger partial charge < -0.3 is 15.2 Å². The highest BCUT2D eigenvalue weighted by atomic mass is 35.5. The van der Waals surface area contributed by atoms with Gasteiger partial charge in [-0.25, -0.2) is 0 Å². The topological polar surface area (TPSA) is 41.5 Å². The van der Waals surface area contributed by atoms with E-state index in [-0.39, 0.29) is 5.60 Å². The van der Waals surface area contributed by atoms with Crippen LogP contribution in [0.15, 0.2) is 18.2 Å². The van der Waals surface area contributed by atoms with Gasteiger partial charge in [0.1, 0.15) is 11.4 Å². The average molecular weight is 226 g/mol. The third-order valence-corrected chi connectivity index (χ3v) is 3.35. The van der Waals surface area contributed by atoms with E-state index in [1.165, 1.54) is 0 Å². The number of fused-ring (bicyclic) bond motifs is 1. The highest BCUT2D eigenvalue weighted by molar-refractivity contribution is 6.30. The monoisotopic (exact) mass is 225 g/mol. The van der Waals surface area contributed by atoms with Crippen molar-refractivity contribution in [3.8, 4) is 5.75 Å². The molecule has 3 rings (SSSR count). The molecule has 0 saturated carbocycles. The maximum atomic E-state index is 10.0. The number of ether oxygens (including phenoxy) is 1. The second-order valence-corrected chi connectivity index (χ2v) is 4.73. The van der Waals surface area contributed by atoms with Gasteiger partial charge in [-0.1, -0.05) is 11.6 Å². The highest BCUT2D eigenvalue weighted by Gasteiger charge is 2.45. The molecular weight excluding hydrogens is 214 g/mol. The first kappa shape index (κ1) is 9.46. The number of hydrogen-bond acceptors (Lipinski definition) is 3. The van der Waals surface area contributed by atoms with Crippen molar-refractivity contribution in [2.75, 3.05) is 13.1 Å². The first-order chi connectivity index (χ1) is 7.19. The van der Waals surface area contributed by atoms with Crippen molar-refractivity contribution in [1.29, 1.82) is 0 Å². The fourth-order valence-electron chi connectivity index (χ4n) is 2.23. The van der Waals surface area contributed by atoms with Crippen LogP contribution >= 0.6 is 11.6 Å². The molecule has 1 unspecified atom stereocenters. The van der Waals surface area contributed by atoms with Gasteiger partial charge in [-0.15, -0.1) is 0 Å². The van der Waals surface area contributed by atoms with Crippen LogP contribution in [0.1, 0.15) is 18.1 Å². The van der Waals surface area contributed by atoms with E-state index >= 15 is 0 Å². The highest BCUT2D eigenvalue weighted by Crippen LogP contribution is 2.42. The molecule has 0 bridgehead atoms. The molecule has 1 aromatic rings. The third-order valence-electron chi connectivity index (χ3n) is 3.12. The Morgan fingerprint density at radius 2 is 2.27 bits per heavy atom. The van der Waals surface area contributed by atoms with Gasteiger partial charge in [-0.2, -0.15) is 0 Å². The van der Waals surface area contributed by atoms with Gasteiger partial charge in [0.05, 0.1) is 6.10 Å². The quantitative estimate of drug-likeness (QED) is 0.703. The van der Waals surface area contributed by atoms with Gasteiger partial charge in [0, 0.05) is 30.1 Å². The predicted octanol–water partition coefficient (Wildman–Crippen LogP) is 1.50. The standard InChI is InChI=1S/C11H12ClNO2/c12-7-1-2-10-8(3-7)9(14)4-11(15-10)5-13-6-11/h1-3,9,13-14H,4-6H2. The molecule has 0 aliphatic carbocycles. The fraction of sp³-hybridized carbons (Fsp3) is 0.455. The molecule has 1 spiro atoms. The van der Waals surface area contributed by atoms with Gasteiger partial charge in [-0.3, -0.25) is 0 Å². The summed E-state index contributed by atoms with van der Waals surface area (Å²) in [6.45, 7) is 1.62. The van der Waals surface area contributed by atoms with E-state index in [0.29, 0.717) is 11.4 Å². The first-order valence-electron chi connectivity index (χ1n) is 5.06. The number of aliphatic hydroxyl groups is 1. The number of rotatable bonds is 0. The maximum absolute atomic E-state index is 10.0. The van der Waals surface area contributed by atoms with Gasteiger partial charge in [-0.05, 0) is 18.2 Å². The SMILES string of the molecule is OC1CC2(CNC2)Oc2ccc(Cl)cc21. The van der Waals surface area contributed by atoms with Crippen molar-refractivity contribution in [3.63, 3.8) is 0 Å². The lowest BCUT2D eigenvalue weighted by Crippen LogP contribution is -2.64. The zero-order chi connectivity index (χ0) is 10.5. The van der Waals surface area contributed by atoms with Gasteiger partial charge in [0.25, 0.3) is 0 Å². The zero-order valence-corrected chi connectivity index (χ0v) is 8.92. The van der Waals surface area contributed by atoms with E-state index in [1.807, 2.05) is 6.07 Å². The summed E-state index contributed by atoms with van der Waals surface area (Å²) in [6.07, 6.45) is 0.183. The van der Waals surface area contributed by atoms with E-state index in [9.17, 15) is 5.11 Å². The van der Waals surface area contributed by atoms with Crippen molar-refractivity contribution < 1.29 is 9.84 Å². The third kappa shape index (κ3) is 1.42. The van der Waals surface area contributed by atoms with Crippen molar-refractivity contribution in [2.24, 2.45) is 0 Å². The van der Waals surface area contributed by atoms with E-state index in [2.05, 4.69) is 5.32 Å². The molecule has 2 heterocycles. The minimum atomic E-state index is -0.463. The first-order valence-corrected chi connectivity index (χ1v) is 5.44. The summed E-state index contributed by atoms with van der Waals surface area (Å²) in [7, 11) is 0. The normalized spacial score (nSPS) is 26.7.